The summed E-state index contributed by atoms with van der Waals surface area (Å²) in [6.07, 6.45) is 0.791. The van der Waals surface area contributed by atoms with E-state index in [4.69, 9.17) is 0 Å². The minimum atomic E-state index is -0.380. The Morgan fingerprint density at radius 3 is 3.00 bits per heavy atom. The molecule has 1 unspecified atom stereocenters. The molecule has 0 amide bonds. The zero-order valence-corrected chi connectivity index (χ0v) is 9.25. The van der Waals surface area contributed by atoms with E-state index in [0.29, 0.717) is 11.5 Å². The fraction of sp³-hybridized carbons (Fsp3) is 0.556. The summed E-state index contributed by atoms with van der Waals surface area (Å²) in [5.41, 5.74) is 0.210. The lowest BCUT2D eigenvalue weighted by atomic mass is 10.0. The molecular weight excluding hydrogens is 208 g/mol. The molecule has 16 heavy (non-hydrogen) atoms. The van der Waals surface area contributed by atoms with Gasteiger partial charge < -0.3 is 10.4 Å². The minimum Gasteiger partial charge on any atom is -0.394 e. The number of tetrazole rings is 1. The highest BCUT2D eigenvalue weighted by molar-refractivity contribution is 5.43. The van der Waals surface area contributed by atoms with E-state index in [-0.39, 0.29) is 12.1 Å². The Hall–Kier alpha value is -1.76. The van der Waals surface area contributed by atoms with E-state index in [1.807, 2.05) is 13.8 Å². The van der Waals surface area contributed by atoms with Gasteiger partial charge in [-0.05, 0) is 35.9 Å². The van der Waals surface area contributed by atoms with Crippen molar-refractivity contribution in [2.45, 2.75) is 25.8 Å². The van der Waals surface area contributed by atoms with Gasteiger partial charge in [-0.1, -0.05) is 6.92 Å². The summed E-state index contributed by atoms with van der Waals surface area (Å²) in [6, 6.07) is 3.55. The molecule has 0 fully saturated rings. The van der Waals surface area contributed by atoms with Crippen molar-refractivity contribution in [3.05, 3.63) is 12.1 Å². The summed E-state index contributed by atoms with van der Waals surface area (Å²) < 4.78 is 1.34. The van der Waals surface area contributed by atoms with E-state index in [0.717, 1.165) is 6.42 Å². The maximum Gasteiger partial charge on any atom is 0.200 e. The number of aliphatic hydroxyl groups is 1. The molecule has 0 saturated carbocycles. The number of rotatable bonds is 4. The summed E-state index contributed by atoms with van der Waals surface area (Å²) in [4.78, 5) is 0. The summed E-state index contributed by atoms with van der Waals surface area (Å²) in [6.45, 7) is 3.97. The highest BCUT2D eigenvalue weighted by atomic mass is 16.3. The topological polar surface area (TPSA) is 88.2 Å². The van der Waals surface area contributed by atoms with Crippen LogP contribution in [0.25, 0.3) is 5.65 Å². The Labute approximate surface area is 92.5 Å². The third-order valence-electron chi connectivity index (χ3n) is 2.63. The first-order chi connectivity index (χ1) is 7.67. The van der Waals surface area contributed by atoms with Crippen molar-refractivity contribution in [1.29, 1.82) is 0 Å². The third kappa shape index (κ3) is 1.94. The highest BCUT2D eigenvalue weighted by Crippen LogP contribution is 2.15. The van der Waals surface area contributed by atoms with Crippen molar-refractivity contribution in [3.63, 3.8) is 0 Å². The molecule has 2 heterocycles. The number of fused-ring (bicyclic) bond motifs is 1. The van der Waals surface area contributed by atoms with Crippen molar-refractivity contribution in [2.24, 2.45) is 0 Å². The third-order valence-corrected chi connectivity index (χ3v) is 2.63. The highest BCUT2D eigenvalue weighted by Gasteiger charge is 2.21. The molecule has 0 bridgehead atoms. The van der Waals surface area contributed by atoms with Gasteiger partial charge in [-0.15, -0.1) is 14.8 Å². The average Bonchev–Trinajstić information content (AvgIpc) is 2.76. The Morgan fingerprint density at radius 2 is 2.31 bits per heavy atom. The smallest absolute Gasteiger partial charge is 0.200 e. The van der Waals surface area contributed by atoms with Crippen LogP contribution in [0.15, 0.2) is 12.1 Å². The fourth-order valence-electron chi connectivity index (χ4n) is 1.27. The second-order valence-corrected chi connectivity index (χ2v) is 3.94. The van der Waals surface area contributed by atoms with Crippen molar-refractivity contribution in [2.75, 3.05) is 11.9 Å². The lowest BCUT2D eigenvalue weighted by Crippen LogP contribution is -2.38. The standard InChI is InChI=1S/C9H14N6O/c1-3-9(2,6-16)10-7-4-5-8-11-13-14-15(8)12-7/h4-5,16H,3,6H2,1-2H3,(H,10,12). The van der Waals surface area contributed by atoms with Gasteiger partial charge in [0.1, 0.15) is 5.82 Å². The second kappa shape index (κ2) is 4.01. The van der Waals surface area contributed by atoms with Crippen molar-refractivity contribution in [1.82, 2.24) is 25.3 Å². The Bertz CT molecular complexity index is 478. The van der Waals surface area contributed by atoms with Gasteiger partial charge in [0, 0.05) is 0 Å². The van der Waals surface area contributed by atoms with Gasteiger partial charge in [0.15, 0.2) is 5.65 Å². The van der Waals surface area contributed by atoms with E-state index in [1.165, 1.54) is 4.63 Å². The van der Waals surface area contributed by atoms with E-state index in [9.17, 15) is 5.11 Å². The van der Waals surface area contributed by atoms with E-state index in [1.54, 1.807) is 12.1 Å². The van der Waals surface area contributed by atoms with Crippen molar-refractivity contribution in [3.8, 4) is 0 Å². The van der Waals surface area contributed by atoms with Gasteiger partial charge in [-0.3, -0.25) is 0 Å². The number of nitrogens with one attached hydrogen (secondary N) is 1. The molecule has 0 aliphatic heterocycles. The predicted molar refractivity (Wildman–Crippen MR) is 58.0 cm³/mol. The van der Waals surface area contributed by atoms with Crippen LogP contribution in [0.2, 0.25) is 0 Å². The van der Waals surface area contributed by atoms with Gasteiger partial charge >= 0.3 is 0 Å². The largest absolute Gasteiger partial charge is 0.394 e. The number of anilines is 1. The zero-order chi connectivity index (χ0) is 11.6. The lowest BCUT2D eigenvalue weighted by molar-refractivity contribution is 0.218. The van der Waals surface area contributed by atoms with Gasteiger partial charge in [0.05, 0.1) is 12.1 Å². The fourth-order valence-corrected chi connectivity index (χ4v) is 1.27. The van der Waals surface area contributed by atoms with Crippen LogP contribution in [0.1, 0.15) is 20.3 Å². The van der Waals surface area contributed by atoms with Crippen LogP contribution >= 0.6 is 0 Å². The number of aromatic nitrogens is 5. The minimum absolute atomic E-state index is 0.0405. The summed E-state index contributed by atoms with van der Waals surface area (Å²) in [5, 5.41) is 27.6. The Kier molecular flexibility index (Phi) is 2.69. The maximum absolute atomic E-state index is 9.28. The number of aliphatic hydroxyl groups excluding tert-OH is 1. The van der Waals surface area contributed by atoms with Crippen LogP contribution in [0, 0.1) is 0 Å². The van der Waals surface area contributed by atoms with Gasteiger partial charge in [-0.2, -0.15) is 0 Å². The number of hydrogen-bond donors (Lipinski definition) is 2. The van der Waals surface area contributed by atoms with Crippen LogP contribution in [-0.2, 0) is 0 Å². The second-order valence-electron chi connectivity index (χ2n) is 3.94. The quantitative estimate of drug-likeness (QED) is 0.762. The van der Waals surface area contributed by atoms with Crippen molar-refractivity contribution >= 4 is 11.5 Å². The maximum atomic E-state index is 9.28. The summed E-state index contributed by atoms with van der Waals surface area (Å²) in [7, 11) is 0. The molecule has 2 rings (SSSR count). The summed E-state index contributed by atoms with van der Waals surface area (Å²) >= 11 is 0. The first-order valence-corrected chi connectivity index (χ1v) is 5.11. The van der Waals surface area contributed by atoms with E-state index < -0.39 is 0 Å². The molecule has 86 valence electrons. The molecule has 0 radical (unpaired) electrons. The van der Waals surface area contributed by atoms with Gasteiger partial charge in [-0.25, -0.2) is 0 Å². The molecule has 2 aromatic heterocycles. The Morgan fingerprint density at radius 1 is 1.50 bits per heavy atom. The van der Waals surface area contributed by atoms with Crippen LogP contribution in [0.4, 0.5) is 5.82 Å². The SMILES string of the molecule is CCC(C)(CO)Nc1ccc2nnnn2n1. The summed E-state index contributed by atoms with van der Waals surface area (Å²) in [5.74, 6) is 0.637. The van der Waals surface area contributed by atoms with Crippen LogP contribution in [-0.4, -0.2) is 42.5 Å². The molecule has 0 spiro atoms. The van der Waals surface area contributed by atoms with Crippen molar-refractivity contribution < 1.29 is 5.11 Å². The lowest BCUT2D eigenvalue weighted by Gasteiger charge is -2.27. The first-order valence-electron chi connectivity index (χ1n) is 5.11. The molecule has 0 aliphatic rings. The van der Waals surface area contributed by atoms with Gasteiger partial charge in [0.25, 0.3) is 0 Å². The molecule has 2 N–H and O–H groups in total. The molecule has 7 nitrogen and oxygen atoms in total. The van der Waals surface area contributed by atoms with Crippen LogP contribution in [0.5, 0.6) is 0 Å². The van der Waals surface area contributed by atoms with Crippen LogP contribution < -0.4 is 5.32 Å². The number of hydrogen-bond acceptors (Lipinski definition) is 6. The Balaban J connectivity index is 2.26. The molecule has 7 heteroatoms. The molecule has 2 aromatic rings. The van der Waals surface area contributed by atoms with Crippen LogP contribution in [0.3, 0.4) is 0 Å². The zero-order valence-electron chi connectivity index (χ0n) is 9.25. The molecule has 0 aromatic carbocycles. The normalized spacial score (nSPS) is 14.9. The average molecular weight is 222 g/mol. The molecule has 0 aliphatic carbocycles. The van der Waals surface area contributed by atoms with Gasteiger partial charge in [0.2, 0.25) is 0 Å². The molecule has 1 atom stereocenters. The number of nitrogens with zero attached hydrogens (tertiary/aromatic N) is 5. The predicted octanol–water partition coefficient (Wildman–Crippen LogP) is 0.0922. The molecule has 0 saturated heterocycles. The monoisotopic (exact) mass is 222 g/mol. The molecular formula is C9H14N6O. The first kappa shape index (κ1) is 10.7. The van der Waals surface area contributed by atoms with E-state index >= 15 is 0 Å². The van der Waals surface area contributed by atoms with E-state index in [2.05, 4.69) is 25.9 Å².